The Bertz CT molecular complexity index is 614. The Labute approximate surface area is 121 Å². The number of hydrogen-bond donors (Lipinski definition) is 5. The second kappa shape index (κ2) is 6.50. The van der Waals surface area contributed by atoms with Gasteiger partial charge in [0.25, 0.3) is 0 Å². The quantitative estimate of drug-likeness (QED) is 0.419. The van der Waals surface area contributed by atoms with Gasteiger partial charge >= 0.3 is 5.97 Å². The van der Waals surface area contributed by atoms with E-state index >= 15 is 0 Å². The number of rotatable bonds is 7. The fraction of sp³-hybridized carbons (Fsp3) is 0.417. The van der Waals surface area contributed by atoms with Gasteiger partial charge in [0.2, 0.25) is 10.0 Å². The summed E-state index contributed by atoms with van der Waals surface area (Å²) < 4.78 is 26.6. The lowest BCUT2D eigenvalue weighted by atomic mass is 10.1. The van der Waals surface area contributed by atoms with E-state index in [1.54, 1.807) is 0 Å². The number of nitrogens with one attached hydrogen (secondary N) is 1. The van der Waals surface area contributed by atoms with Gasteiger partial charge in [-0.25, -0.2) is 13.2 Å². The third-order valence-electron chi connectivity index (χ3n) is 2.98. The fourth-order valence-corrected chi connectivity index (χ4v) is 3.26. The van der Waals surface area contributed by atoms with Gasteiger partial charge in [-0.3, -0.25) is 0 Å². The molecular weight excluding hydrogens is 302 g/mol. The molecule has 0 aliphatic rings. The highest BCUT2D eigenvalue weighted by atomic mass is 32.2. The zero-order valence-electron chi connectivity index (χ0n) is 11.3. The van der Waals surface area contributed by atoms with Crippen LogP contribution in [0.25, 0.3) is 0 Å². The third-order valence-corrected chi connectivity index (χ3v) is 4.70. The molecule has 0 radical (unpaired) electrons. The first-order valence-corrected chi connectivity index (χ1v) is 7.40. The molecule has 8 nitrogen and oxygen atoms in total. The largest absolute Gasteiger partial charge is 0.478 e. The van der Waals surface area contributed by atoms with Gasteiger partial charge in [-0.05, 0) is 24.6 Å². The van der Waals surface area contributed by atoms with E-state index in [0.29, 0.717) is 0 Å². The maximum absolute atomic E-state index is 12.3. The molecule has 0 heterocycles. The Morgan fingerprint density at radius 1 is 1.19 bits per heavy atom. The normalized spacial score (nSPS) is 12.4. The molecule has 1 rings (SSSR count). The summed E-state index contributed by atoms with van der Waals surface area (Å²) >= 11 is 0. The highest BCUT2D eigenvalue weighted by Crippen LogP contribution is 2.19. The van der Waals surface area contributed by atoms with Gasteiger partial charge in [-0.1, -0.05) is 6.07 Å². The molecule has 0 saturated heterocycles. The van der Waals surface area contributed by atoms with Crippen molar-refractivity contribution in [2.45, 2.75) is 17.4 Å². The van der Waals surface area contributed by atoms with E-state index in [1.807, 2.05) is 4.72 Å². The molecule has 9 heteroatoms. The molecule has 0 aliphatic carbocycles. The highest BCUT2D eigenvalue weighted by molar-refractivity contribution is 7.89. The van der Waals surface area contributed by atoms with Crippen LogP contribution in [0.4, 0.5) is 0 Å². The number of hydrogen-bond acceptors (Lipinski definition) is 6. The van der Waals surface area contributed by atoms with Gasteiger partial charge in [0.1, 0.15) is 5.54 Å². The zero-order chi connectivity index (χ0) is 16.3. The monoisotopic (exact) mass is 319 g/mol. The summed E-state index contributed by atoms with van der Waals surface area (Å²) in [4.78, 5) is 10.6. The average Bonchev–Trinajstić information content (AvgIpc) is 2.45. The summed E-state index contributed by atoms with van der Waals surface area (Å²) in [5.41, 5.74) is -1.76. The minimum atomic E-state index is -4.23. The van der Waals surface area contributed by atoms with Crippen LogP contribution in [0.15, 0.2) is 23.1 Å². The molecule has 0 aromatic heterocycles. The van der Waals surface area contributed by atoms with Crippen LogP contribution in [-0.4, -0.2) is 60.2 Å². The summed E-state index contributed by atoms with van der Waals surface area (Å²) in [6, 6.07) is 3.56. The van der Waals surface area contributed by atoms with Gasteiger partial charge in [0, 0.05) is 0 Å². The van der Waals surface area contributed by atoms with Crippen molar-refractivity contribution in [3.05, 3.63) is 29.3 Å². The van der Waals surface area contributed by atoms with E-state index in [-0.39, 0.29) is 16.0 Å². The molecule has 0 saturated carbocycles. The predicted octanol–water partition coefficient (Wildman–Crippen LogP) is -1.31. The van der Waals surface area contributed by atoms with Crippen LogP contribution in [-0.2, 0) is 10.0 Å². The zero-order valence-corrected chi connectivity index (χ0v) is 12.1. The molecule has 1 aromatic rings. The lowest BCUT2D eigenvalue weighted by molar-refractivity contribution is 0.0581. The number of aliphatic hydroxyl groups is 3. The van der Waals surface area contributed by atoms with Crippen molar-refractivity contribution in [1.29, 1.82) is 0 Å². The molecular formula is C12H17NO7S. The Hall–Kier alpha value is -1.52. The van der Waals surface area contributed by atoms with Crippen molar-refractivity contribution in [3.8, 4) is 0 Å². The SMILES string of the molecule is Cc1ccc(C(=O)O)cc1S(=O)(=O)NC(CO)(CO)CO. The van der Waals surface area contributed by atoms with Crippen LogP contribution in [0.3, 0.4) is 0 Å². The van der Waals surface area contributed by atoms with E-state index in [2.05, 4.69) is 0 Å². The summed E-state index contributed by atoms with van der Waals surface area (Å²) in [5.74, 6) is -1.29. The van der Waals surface area contributed by atoms with Crippen LogP contribution in [0, 0.1) is 6.92 Å². The van der Waals surface area contributed by atoms with Crippen LogP contribution in [0.2, 0.25) is 0 Å². The number of aliphatic hydroxyl groups excluding tert-OH is 3. The smallest absolute Gasteiger partial charge is 0.335 e. The Morgan fingerprint density at radius 2 is 1.71 bits per heavy atom. The van der Waals surface area contributed by atoms with Gasteiger partial charge in [-0.15, -0.1) is 0 Å². The molecule has 0 aliphatic heterocycles. The first kappa shape index (κ1) is 17.5. The molecule has 5 N–H and O–H groups in total. The van der Waals surface area contributed by atoms with E-state index in [9.17, 15) is 13.2 Å². The minimum absolute atomic E-state index is 0.219. The Morgan fingerprint density at radius 3 is 2.14 bits per heavy atom. The van der Waals surface area contributed by atoms with Gasteiger partial charge < -0.3 is 20.4 Å². The topological polar surface area (TPSA) is 144 Å². The molecule has 0 atom stereocenters. The summed E-state index contributed by atoms with van der Waals surface area (Å²) in [6.07, 6.45) is 0. The van der Waals surface area contributed by atoms with Crippen molar-refractivity contribution in [3.63, 3.8) is 0 Å². The standard InChI is InChI=1S/C12H17NO7S/c1-8-2-3-9(11(17)18)4-10(8)21(19,20)13-12(5-14,6-15)7-16/h2-4,13-16H,5-7H2,1H3,(H,17,18). The van der Waals surface area contributed by atoms with Crippen molar-refractivity contribution in [1.82, 2.24) is 4.72 Å². The van der Waals surface area contributed by atoms with Gasteiger partial charge in [0.15, 0.2) is 0 Å². The second-order valence-electron chi connectivity index (χ2n) is 4.65. The van der Waals surface area contributed by atoms with Crippen LogP contribution in [0.1, 0.15) is 15.9 Å². The summed E-state index contributed by atoms with van der Waals surface area (Å²) in [6.45, 7) is -0.997. The number of aryl methyl sites for hydroxylation is 1. The molecule has 0 spiro atoms. The number of benzene rings is 1. The van der Waals surface area contributed by atoms with Crippen LogP contribution >= 0.6 is 0 Å². The van der Waals surface area contributed by atoms with Crippen molar-refractivity contribution in [2.75, 3.05) is 19.8 Å². The fourth-order valence-electron chi connectivity index (χ4n) is 1.61. The molecule has 0 unspecified atom stereocenters. The Balaban J connectivity index is 3.31. The molecule has 118 valence electrons. The van der Waals surface area contributed by atoms with Gasteiger partial charge in [0.05, 0.1) is 30.3 Å². The van der Waals surface area contributed by atoms with Crippen molar-refractivity contribution in [2.24, 2.45) is 0 Å². The second-order valence-corrected chi connectivity index (χ2v) is 6.30. The molecule has 21 heavy (non-hydrogen) atoms. The van der Waals surface area contributed by atoms with Crippen molar-refractivity contribution < 1.29 is 33.6 Å². The van der Waals surface area contributed by atoms with Crippen molar-refractivity contribution >= 4 is 16.0 Å². The number of aromatic carboxylic acids is 1. The summed E-state index contributed by atoms with van der Waals surface area (Å²) in [5, 5.41) is 36.4. The average molecular weight is 319 g/mol. The number of carbonyl (C=O) groups is 1. The van der Waals surface area contributed by atoms with E-state index < -0.39 is 41.4 Å². The summed E-state index contributed by atoms with van der Waals surface area (Å²) in [7, 11) is -4.23. The van der Waals surface area contributed by atoms with E-state index in [1.165, 1.54) is 19.1 Å². The number of carboxylic acid groups (broad SMARTS) is 1. The lowest BCUT2D eigenvalue weighted by Crippen LogP contribution is -2.56. The molecule has 0 fully saturated rings. The van der Waals surface area contributed by atoms with Crippen LogP contribution < -0.4 is 4.72 Å². The maximum atomic E-state index is 12.3. The predicted molar refractivity (Wildman–Crippen MR) is 72.4 cm³/mol. The minimum Gasteiger partial charge on any atom is -0.478 e. The first-order chi connectivity index (χ1) is 9.71. The maximum Gasteiger partial charge on any atom is 0.335 e. The Kier molecular flexibility index (Phi) is 5.42. The van der Waals surface area contributed by atoms with E-state index in [0.717, 1.165) is 6.07 Å². The third kappa shape index (κ3) is 3.77. The first-order valence-electron chi connectivity index (χ1n) is 5.92. The molecule has 0 amide bonds. The highest BCUT2D eigenvalue weighted by Gasteiger charge is 2.34. The number of sulfonamides is 1. The lowest BCUT2D eigenvalue weighted by Gasteiger charge is -2.28. The molecule has 1 aromatic carbocycles. The van der Waals surface area contributed by atoms with Gasteiger partial charge in [-0.2, -0.15) is 4.72 Å². The number of carboxylic acids is 1. The van der Waals surface area contributed by atoms with Crippen LogP contribution in [0.5, 0.6) is 0 Å². The van der Waals surface area contributed by atoms with E-state index in [4.69, 9.17) is 20.4 Å². The molecule has 0 bridgehead atoms.